The molecule has 29 heavy (non-hydrogen) atoms. The molecule has 4 aliphatic carbocycles. The first kappa shape index (κ1) is 22.6. The zero-order chi connectivity index (χ0) is 18.3. The van der Waals surface area contributed by atoms with Gasteiger partial charge in [0.1, 0.15) is 0 Å². The van der Waals surface area contributed by atoms with Crippen LogP contribution in [0.4, 0.5) is 5.95 Å². The molecule has 1 N–H and O–H groups in total. The van der Waals surface area contributed by atoms with E-state index >= 15 is 0 Å². The normalized spacial score (nSPS) is 33.0. The lowest BCUT2D eigenvalue weighted by atomic mass is 9.49. The molecular weight excluding hydrogens is 409 g/mol. The summed E-state index contributed by atoms with van der Waals surface area (Å²) in [6.45, 7) is 5.64. The predicted molar refractivity (Wildman–Crippen MR) is 119 cm³/mol. The van der Waals surface area contributed by atoms with Gasteiger partial charge >= 0.3 is 0 Å². The molecule has 1 aliphatic heterocycles. The zero-order valence-electron chi connectivity index (χ0n) is 17.0. The van der Waals surface area contributed by atoms with Crippen LogP contribution in [0.3, 0.4) is 0 Å². The molecule has 0 spiro atoms. The molecule has 0 aromatic carbocycles. The number of nitrogens with one attached hydrogen (secondary N) is 1. The Morgan fingerprint density at radius 3 is 2.07 bits per heavy atom. The van der Waals surface area contributed by atoms with Gasteiger partial charge in [-0.05, 0) is 62.3 Å². The van der Waals surface area contributed by atoms with Gasteiger partial charge in [-0.3, -0.25) is 9.69 Å². The van der Waals surface area contributed by atoms with Gasteiger partial charge in [-0.25, -0.2) is 9.97 Å². The van der Waals surface area contributed by atoms with E-state index in [0.717, 1.165) is 82.2 Å². The molecule has 1 amide bonds. The van der Waals surface area contributed by atoms with E-state index in [9.17, 15) is 4.79 Å². The highest BCUT2D eigenvalue weighted by Gasteiger charge is 2.54. The van der Waals surface area contributed by atoms with Crippen LogP contribution in [0.2, 0.25) is 0 Å². The van der Waals surface area contributed by atoms with Crippen molar-refractivity contribution in [2.45, 2.75) is 38.5 Å². The van der Waals surface area contributed by atoms with Crippen LogP contribution < -0.4 is 10.2 Å². The molecule has 2 heterocycles. The number of amides is 1. The van der Waals surface area contributed by atoms with E-state index in [1.807, 2.05) is 6.07 Å². The highest BCUT2D eigenvalue weighted by molar-refractivity contribution is 5.85. The van der Waals surface area contributed by atoms with Crippen LogP contribution in [0, 0.1) is 23.2 Å². The van der Waals surface area contributed by atoms with Crippen molar-refractivity contribution >= 4 is 36.7 Å². The number of halogens is 2. The van der Waals surface area contributed by atoms with Gasteiger partial charge in [0.25, 0.3) is 0 Å². The standard InChI is InChI=1S/C21H31N5O.2ClH/c27-19(21-13-16-10-17(14-21)12-18(11-16)15-21)22-4-5-25-6-8-26(9-7-25)20-23-2-1-3-24-20;;/h1-3,16-18H,4-15H2,(H,22,27);2*1H. The summed E-state index contributed by atoms with van der Waals surface area (Å²) < 4.78 is 0. The Kier molecular flexibility index (Phi) is 7.28. The molecule has 1 aromatic rings. The number of carbonyl (C=O) groups excluding carboxylic acids is 1. The van der Waals surface area contributed by atoms with Crippen LogP contribution in [0.1, 0.15) is 38.5 Å². The lowest BCUT2D eigenvalue weighted by molar-refractivity contribution is -0.146. The summed E-state index contributed by atoms with van der Waals surface area (Å²) in [7, 11) is 0. The number of piperazine rings is 1. The lowest BCUT2D eigenvalue weighted by Gasteiger charge is -2.55. The second kappa shape index (κ2) is 9.36. The molecule has 5 aliphatic rings. The van der Waals surface area contributed by atoms with Gasteiger partial charge in [0.05, 0.1) is 0 Å². The van der Waals surface area contributed by atoms with Crippen LogP contribution >= 0.6 is 24.8 Å². The summed E-state index contributed by atoms with van der Waals surface area (Å²) >= 11 is 0. The third-order valence-electron chi connectivity index (χ3n) is 7.44. The SMILES string of the molecule is Cl.Cl.O=C(NCCN1CCN(c2ncccn2)CC1)C12CC3CC(CC(C3)C1)C2. The van der Waals surface area contributed by atoms with Crippen LogP contribution in [0.15, 0.2) is 18.5 Å². The highest BCUT2D eigenvalue weighted by atomic mass is 35.5. The van der Waals surface area contributed by atoms with Gasteiger partial charge < -0.3 is 10.2 Å². The summed E-state index contributed by atoms with van der Waals surface area (Å²) in [6.07, 6.45) is 11.2. The van der Waals surface area contributed by atoms with Gasteiger partial charge in [0, 0.05) is 57.1 Å². The van der Waals surface area contributed by atoms with Crippen molar-refractivity contribution in [2.75, 3.05) is 44.2 Å². The van der Waals surface area contributed by atoms with Gasteiger partial charge in [0.15, 0.2) is 0 Å². The molecule has 1 saturated heterocycles. The molecule has 4 bridgehead atoms. The molecular formula is C21H33Cl2N5O. The van der Waals surface area contributed by atoms with E-state index in [0.29, 0.717) is 5.91 Å². The minimum Gasteiger partial charge on any atom is -0.354 e. The molecule has 8 heteroatoms. The first-order valence-electron chi connectivity index (χ1n) is 10.7. The fourth-order valence-electron chi connectivity index (χ4n) is 6.53. The second-order valence-electron chi connectivity index (χ2n) is 9.33. The number of rotatable bonds is 5. The quantitative estimate of drug-likeness (QED) is 0.760. The Balaban J connectivity index is 0.00000120. The lowest BCUT2D eigenvalue weighted by Crippen LogP contribution is -2.55. The molecule has 162 valence electrons. The molecule has 0 atom stereocenters. The van der Waals surface area contributed by atoms with Crippen molar-refractivity contribution in [3.05, 3.63) is 18.5 Å². The van der Waals surface area contributed by atoms with Crippen LogP contribution in [0.5, 0.6) is 0 Å². The van der Waals surface area contributed by atoms with Crippen molar-refractivity contribution in [1.82, 2.24) is 20.2 Å². The minimum absolute atomic E-state index is 0. The summed E-state index contributed by atoms with van der Waals surface area (Å²) in [4.78, 5) is 26.4. The minimum atomic E-state index is -0.0158. The monoisotopic (exact) mass is 441 g/mol. The van der Waals surface area contributed by atoms with Crippen molar-refractivity contribution in [2.24, 2.45) is 23.2 Å². The number of aromatic nitrogens is 2. The average molecular weight is 442 g/mol. The van der Waals surface area contributed by atoms with Crippen LogP contribution in [-0.2, 0) is 4.79 Å². The largest absolute Gasteiger partial charge is 0.354 e. The Labute approximate surface area is 186 Å². The van der Waals surface area contributed by atoms with Gasteiger partial charge in [-0.2, -0.15) is 0 Å². The molecule has 5 fully saturated rings. The topological polar surface area (TPSA) is 61.4 Å². The van der Waals surface area contributed by atoms with E-state index in [2.05, 4.69) is 25.1 Å². The van der Waals surface area contributed by atoms with E-state index in [-0.39, 0.29) is 30.2 Å². The third-order valence-corrected chi connectivity index (χ3v) is 7.44. The predicted octanol–water partition coefficient (Wildman–Crippen LogP) is 2.77. The number of hydrogen-bond donors (Lipinski definition) is 1. The van der Waals surface area contributed by atoms with Crippen molar-refractivity contribution in [1.29, 1.82) is 0 Å². The van der Waals surface area contributed by atoms with Crippen molar-refractivity contribution < 1.29 is 4.79 Å². The van der Waals surface area contributed by atoms with E-state index in [4.69, 9.17) is 0 Å². The molecule has 1 aromatic heterocycles. The summed E-state index contributed by atoms with van der Waals surface area (Å²) in [5.74, 6) is 3.67. The molecule has 4 saturated carbocycles. The zero-order valence-corrected chi connectivity index (χ0v) is 18.6. The van der Waals surface area contributed by atoms with E-state index in [1.54, 1.807) is 12.4 Å². The maximum absolute atomic E-state index is 13.0. The van der Waals surface area contributed by atoms with Crippen LogP contribution in [0.25, 0.3) is 0 Å². The van der Waals surface area contributed by atoms with Crippen molar-refractivity contribution in [3.63, 3.8) is 0 Å². The van der Waals surface area contributed by atoms with Crippen LogP contribution in [-0.4, -0.2) is 60.0 Å². The number of hydrogen-bond acceptors (Lipinski definition) is 5. The smallest absolute Gasteiger partial charge is 0.226 e. The summed E-state index contributed by atoms with van der Waals surface area (Å²) in [5.41, 5.74) is -0.0158. The molecule has 6 nitrogen and oxygen atoms in total. The maximum atomic E-state index is 13.0. The molecule has 6 rings (SSSR count). The number of nitrogens with zero attached hydrogens (tertiary/aromatic N) is 4. The van der Waals surface area contributed by atoms with Gasteiger partial charge in [-0.15, -0.1) is 24.8 Å². The summed E-state index contributed by atoms with van der Waals surface area (Å²) in [5, 5.41) is 3.31. The first-order valence-corrected chi connectivity index (χ1v) is 10.7. The number of anilines is 1. The molecule has 0 radical (unpaired) electrons. The van der Waals surface area contributed by atoms with E-state index < -0.39 is 0 Å². The number of carbonyl (C=O) groups is 1. The fraction of sp³-hybridized carbons (Fsp3) is 0.762. The first-order chi connectivity index (χ1) is 13.2. The fourth-order valence-corrected chi connectivity index (χ4v) is 6.53. The second-order valence-corrected chi connectivity index (χ2v) is 9.33. The van der Waals surface area contributed by atoms with Gasteiger partial charge in [0.2, 0.25) is 11.9 Å². The maximum Gasteiger partial charge on any atom is 0.226 e. The Morgan fingerprint density at radius 2 is 1.52 bits per heavy atom. The Hall–Kier alpha value is -1.11. The van der Waals surface area contributed by atoms with E-state index in [1.165, 1.54) is 19.3 Å². The van der Waals surface area contributed by atoms with Gasteiger partial charge in [-0.1, -0.05) is 0 Å². The Bertz CT molecular complexity index is 646. The molecule has 0 unspecified atom stereocenters. The summed E-state index contributed by atoms with van der Waals surface area (Å²) in [6, 6.07) is 1.85. The third kappa shape index (κ3) is 4.64. The average Bonchev–Trinajstić information content (AvgIpc) is 2.68. The Morgan fingerprint density at radius 1 is 0.966 bits per heavy atom. The highest BCUT2D eigenvalue weighted by Crippen LogP contribution is 2.60. The van der Waals surface area contributed by atoms with Crippen molar-refractivity contribution in [3.8, 4) is 0 Å².